The molecule has 71 valence electrons. The van der Waals surface area contributed by atoms with Crippen molar-refractivity contribution in [3.8, 4) is 0 Å². The van der Waals surface area contributed by atoms with Gasteiger partial charge in [0.2, 0.25) is 0 Å². The summed E-state index contributed by atoms with van der Waals surface area (Å²) < 4.78 is 34.1. The molecule has 0 spiro atoms. The first kappa shape index (κ1) is 17.2. The third kappa shape index (κ3) is 165. The number of hydrogen-bond acceptors (Lipinski definition) is 5. The Balaban J connectivity index is -0.000000107. The fourth-order valence-electron chi connectivity index (χ4n) is 0. The quantitative estimate of drug-likeness (QED) is 0.234. The monoisotopic (exact) mass is 253 g/mol. The minimum Gasteiger partial charge on any atom is -0.759 e. The molecule has 0 unspecified atom stereocenters. The van der Waals surface area contributed by atoms with E-state index in [9.17, 15) is 4.79 Å². The average molecular weight is 254 g/mol. The van der Waals surface area contributed by atoms with Crippen molar-refractivity contribution in [3.63, 3.8) is 0 Å². The molecule has 0 atom stereocenters. The molecule has 0 aliphatic carbocycles. The molecule has 0 rings (SSSR count). The van der Waals surface area contributed by atoms with Crippen LogP contribution in [-0.2, 0) is 27.5 Å². The Morgan fingerprint density at radius 3 is 1.55 bits per heavy atom. The van der Waals surface area contributed by atoms with E-state index in [0.29, 0.717) is 0 Å². The number of urea groups is 1. The van der Waals surface area contributed by atoms with Gasteiger partial charge in [0.1, 0.15) is 0 Å². The number of rotatable bonds is 0. The average Bonchev–Trinajstić information content (AvgIpc) is 1.61. The van der Waals surface area contributed by atoms with Gasteiger partial charge in [0.15, 0.2) is 0 Å². The predicted octanol–water partition coefficient (Wildman–Crippen LogP) is -1.53. The molecule has 0 aliphatic heterocycles. The second-order valence-corrected chi connectivity index (χ2v) is 1.87. The van der Waals surface area contributed by atoms with Crippen LogP contribution in [0.25, 0.3) is 0 Å². The normalized spacial score (nSPS) is 8.27. The van der Waals surface area contributed by atoms with Crippen molar-refractivity contribution < 1.29 is 39.4 Å². The zero-order valence-corrected chi connectivity index (χ0v) is 7.22. The summed E-state index contributed by atoms with van der Waals surface area (Å²) in [6.07, 6.45) is 0. The summed E-state index contributed by atoms with van der Waals surface area (Å²) in [5.41, 5.74) is 4.41. The molecular formula is CH3ClCuN2O5S. The van der Waals surface area contributed by atoms with E-state index in [-0.39, 0.29) is 17.1 Å². The maximum absolute atomic E-state index is 9.35. The van der Waals surface area contributed by atoms with E-state index in [2.05, 4.69) is 17.5 Å². The first-order chi connectivity index (χ1) is 4.27. The van der Waals surface area contributed by atoms with Gasteiger partial charge in [0.05, 0.1) is 0 Å². The van der Waals surface area contributed by atoms with Gasteiger partial charge < -0.3 is 14.8 Å². The van der Waals surface area contributed by atoms with Crippen LogP contribution in [0.3, 0.4) is 0 Å². The number of nitrogens with two attached hydrogens (primary N) is 1. The predicted molar refractivity (Wildman–Crippen MR) is 29.0 cm³/mol. The molecule has 3 N–H and O–H groups in total. The summed E-state index contributed by atoms with van der Waals surface area (Å²) in [7, 11) is -5.17. The van der Waals surface area contributed by atoms with Crippen LogP contribution in [0.2, 0.25) is 0 Å². The Morgan fingerprint density at radius 2 is 1.55 bits per heavy atom. The van der Waals surface area contributed by atoms with Gasteiger partial charge in [0, 0.05) is 22.2 Å². The second kappa shape index (κ2) is 8.05. The maximum atomic E-state index is 9.35. The van der Waals surface area contributed by atoms with Gasteiger partial charge in [-0.05, 0) is 0 Å². The Morgan fingerprint density at radius 1 is 1.45 bits per heavy atom. The fourth-order valence-corrected chi connectivity index (χ4v) is 0. The molecule has 0 bridgehead atoms. The van der Waals surface area contributed by atoms with Crippen molar-refractivity contribution in [2.24, 2.45) is 5.73 Å². The Bertz CT molecular complexity index is 183. The SMILES string of the molecule is NC(=O)NCl.O=S(=O)([O-])[O-].[Cu+2]. The maximum Gasteiger partial charge on any atom is 2.00 e. The zero-order valence-electron chi connectivity index (χ0n) is 4.71. The number of halogens is 1. The molecule has 0 fully saturated rings. The van der Waals surface area contributed by atoms with Crippen molar-refractivity contribution >= 4 is 28.2 Å². The van der Waals surface area contributed by atoms with Gasteiger partial charge in [-0.1, -0.05) is 0 Å². The smallest absolute Gasteiger partial charge is 0.759 e. The largest absolute Gasteiger partial charge is 2.00 e. The van der Waals surface area contributed by atoms with Gasteiger partial charge in [0.25, 0.3) is 0 Å². The van der Waals surface area contributed by atoms with E-state index in [4.69, 9.17) is 17.5 Å². The molecule has 0 aromatic heterocycles. The molecule has 0 heterocycles. The summed E-state index contributed by atoms with van der Waals surface area (Å²) in [5, 5.41) is 0. The zero-order chi connectivity index (χ0) is 8.78. The Labute approximate surface area is 78.4 Å². The molecule has 0 aliphatic rings. The molecule has 0 saturated heterocycles. The number of nitrogens with one attached hydrogen (secondary N) is 1. The summed E-state index contributed by atoms with van der Waals surface area (Å²) >= 11 is 4.61. The third-order valence-electron chi connectivity index (χ3n) is 0.0931. The Hall–Kier alpha value is -0.0505. The minimum absolute atomic E-state index is 0. The minimum atomic E-state index is -5.17. The number of primary amides is 1. The standard InChI is InChI=1S/CH3ClN2O.Cu.H2O4S/c2-4-1(3)5;;1-5(2,3)4/h(H3,3,4,5);;(H2,1,2,3,4)/q;+2;/p-2. The third-order valence-corrected chi connectivity index (χ3v) is 0.279. The molecule has 10 heteroatoms. The second-order valence-electron chi connectivity index (χ2n) is 0.867. The van der Waals surface area contributed by atoms with Crippen LogP contribution in [0.4, 0.5) is 4.79 Å². The van der Waals surface area contributed by atoms with Crippen LogP contribution in [0.1, 0.15) is 0 Å². The molecule has 0 saturated carbocycles. The van der Waals surface area contributed by atoms with Crippen molar-refractivity contribution in [2.75, 3.05) is 0 Å². The number of amides is 2. The van der Waals surface area contributed by atoms with Crippen molar-refractivity contribution in [2.45, 2.75) is 0 Å². The van der Waals surface area contributed by atoms with Crippen molar-refractivity contribution in [1.82, 2.24) is 4.84 Å². The van der Waals surface area contributed by atoms with Crippen LogP contribution >= 0.6 is 11.8 Å². The van der Waals surface area contributed by atoms with E-state index in [0.717, 1.165) is 0 Å². The van der Waals surface area contributed by atoms with E-state index < -0.39 is 16.4 Å². The molecule has 11 heavy (non-hydrogen) atoms. The molecule has 0 aromatic rings. The fraction of sp³-hybridized carbons (Fsp3) is 0. The van der Waals surface area contributed by atoms with E-state index in [1.54, 1.807) is 4.84 Å². The first-order valence-corrected chi connectivity index (χ1v) is 3.31. The Kier molecular flexibility index (Phi) is 12.6. The van der Waals surface area contributed by atoms with Crippen LogP contribution in [0.15, 0.2) is 0 Å². The van der Waals surface area contributed by atoms with Crippen LogP contribution in [-0.4, -0.2) is 23.6 Å². The molecule has 2 amide bonds. The number of carbonyl (C=O) groups excluding carboxylic acids is 1. The first-order valence-electron chi connectivity index (χ1n) is 1.60. The van der Waals surface area contributed by atoms with E-state index >= 15 is 0 Å². The summed E-state index contributed by atoms with van der Waals surface area (Å²) in [4.78, 5) is 11.0. The topological polar surface area (TPSA) is 135 Å². The van der Waals surface area contributed by atoms with Crippen LogP contribution in [0, 0.1) is 0 Å². The summed E-state index contributed by atoms with van der Waals surface area (Å²) in [6.45, 7) is 0. The van der Waals surface area contributed by atoms with Crippen molar-refractivity contribution in [1.29, 1.82) is 0 Å². The van der Waals surface area contributed by atoms with Crippen molar-refractivity contribution in [3.05, 3.63) is 0 Å². The number of carbonyl (C=O) groups is 1. The van der Waals surface area contributed by atoms with Gasteiger partial charge in [-0.25, -0.2) is 4.79 Å². The van der Waals surface area contributed by atoms with Gasteiger partial charge in [-0.3, -0.25) is 13.3 Å². The summed E-state index contributed by atoms with van der Waals surface area (Å²) in [5.74, 6) is 0. The summed E-state index contributed by atoms with van der Waals surface area (Å²) in [6, 6.07) is -0.730. The van der Waals surface area contributed by atoms with Crippen LogP contribution < -0.4 is 10.6 Å². The molecular weight excluding hydrogens is 251 g/mol. The van der Waals surface area contributed by atoms with E-state index in [1.165, 1.54) is 0 Å². The van der Waals surface area contributed by atoms with Crippen LogP contribution in [0.5, 0.6) is 0 Å². The van der Waals surface area contributed by atoms with E-state index in [1.807, 2.05) is 0 Å². The van der Waals surface area contributed by atoms with Gasteiger partial charge in [-0.2, -0.15) is 0 Å². The molecule has 1 radical (unpaired) electrons. The van der Waals surface area contributed by atoms with Gasteiger partial charge >= 0.3 is 23.1 Å². The number of hydrogen-bond donors (Lipinski definition) is 2. The molecule has 0 aromatic carbocycles. The molecule has 7 nitrogen and oxygen atoms in total. The van der Waals surface area contributed by atoms with Gasteiger partial charge in [-0.15, -0.1) is 0 Å².